The van der Waals surface area contributed by atoms with Crippen LogP contribution in [0.4, 0.5) is 0 Å². The van der Waals surface area contributed by atoms with Crippen molar-refractivity contribution in [1.29, 1.82) is 0 Å². The average Bonchev–Trinajstić information content (AvgIpc) is 3.03. The molecule has 2 aromatic rings. The Kier molecular flexibility index (Phi) is 5.36. The first-order chi connectivity index (χ1) is 11.5. The topological polar surface area (TPSA) is 41.4 Å². The van der Waals surface area contributed by atoms with E-state index >= 15 is 0 Å². The van der Waals surface area contributed by atoms with Crippen LogP contribution in [0.5, 0.6) is 0 Å². The molecule has 24 heavy (non-hydrogen) atoms. The van der Waals surface area contributed by atoms with Crippen LogP contribution in [-0.2, 0) is 13.6 Å². The van der Waals surface area contributed by atoms with E-state index < -0.39 is 0 Å². The van der Waals surface area contributed by atoms with Crippen molar-refractivity contribution < 1.29 is 4.79 Å². The zero-order valence-electron chi connectivity index (χ0n) is 14.2. The van der Waals surface area contributed by atoms with Gasteiger partial charge in [0, 0.05) is 50.4 Å². The van der Waals surface area contributed by atoms with Crippen LogP contribution in [0.25, 0.3) is 0 Å². The second kappa shape index (κ2) is 7.49. The van der Waals surface area contributed by atoms with Crippen LogP contribution >= 0.6 is 15.9 Å². The van der Waals surface area contributed by atoms with Gasteiger partial charge in [-0.1, -0.05) is 34.1 Å². The lowest BCUT2D eigenvalue weighted by Crippen LogP contribution is -2.45. The predicted octanol–water partition coefficient (Wildman–Crippen LogP) is 2.92. The first kappa shape index (κ1) is 17.2. The van der Waals surface area contributed by atoms with Gasteiger partial charge in [0.15, 0.2) is 0 Å². The van der Waals surface area contributed by atoms with E-state index in [-0.39, 0.29) is 5.91 Å². The third kappa shape index (κ3) is 3.87. The second-order valence-electron chi connectivity index (χ2n) is 6.42. The van der Waals surface area contributed by atoms with E-state index in [1.54, 1.807) is 17.1 Å². The molecule has 0 aliphatic carbocycles. The number of carbonyl (C=O) groups is 1. The lowest BCUT2D eigenvalue weighted by atomic mass is 10.0. The van der Waals surface area contributed by atoms with Crippen LogP contribution in [-0.4, -0.2) is 51.7 Å². The lowest BCUT2D eigenvalue weighted by molar-refractivity contribution is 0.0636. The maximum atomic E-state index is 12.5. The molecule has 2 heterocycles. The van der Waals surface area contributed by atoms with Gasteiger partial charge in [-0.2, -0.15) is 5.10 Å². The Morgan fingerprint density at radius 3 is 2.67 bits per heavy atom. The molecule has 3 rings (SSSR count). The molecule has 1 saturated heterocycles. The summed E-state index contributed by atoms with van der Waals surface area (Å²) in [6.07, 6.45) is 5.43. The molecule has 0 radical (unpaired) electrons. The number of amides is 1. The third-order valence-corrected chi connectivity index (χ3v) is 5.50. The molecular formula is C18H23BrN4O. The van der Waals surface area contributed by atoms with Gasteiger partial charge < -0.3 is 4.90 Å². The van der Waals surface area contributed by atoms with Crippen molar-refractivity contribution in [2.45, 2.75) is 25.4 Å². The van der Waals surface area contributed by atoms with Crippen LogP contribution in [0, 0.1) is 0 Å². The smallest absolute Gasteiger partial charge is 0.257 e. The van der Waals surface area contributed by atoms with Crippen LogP contribution < -0.4 is 0 Å². The van der Waals surface area contributed by atoms with Crippen LogP contribution in [0.2, 0.25) is 0 Å². The first-order valence-electron chi connectivity index (χ1n) is 8.26. The fourth-order valence-corrected chi connectivity index (χ4v) is 3.64. The molecule has 0 unspecified atom stereocenters. The summed E-state index contributed by atoms with van der Waals surface area (Å²) in [6.45, 7) is 2.97. The molecular weight excluding hydrogens is 368 g/mol. The summed E-state index contributed by atoms with van der Waals surface area (Å²) in [5.74, 6) is 0.0624. The standard InChI is InChI=1S/C18H23BrN4O/c1-21-12-15(11-20-21)18(24)22(2)16-7-9-23(10-8-16)13-14-5-3-4-6-17(14)19/h3-6,11-12,16H,7-10,13H2,1-2H3. The zero-order chi connectivity index (χ0) is 17.1. The summed E-state index contributed by atoms with van der Waals surface area (Å²) in [4.78, 5) is 16.9. The number of halogens is 1. The number of nitrogens with zero attached hydrogens (tertiary/aromatic N) is 4. The fraction of sp³-hybridized carbons (Fsp3) is 0.444. The molecule has 1 fully saturated rings. The van der Waals surface area contributed by atoms with Crippen molar-refractivity contribution in [2.24, 2.45) is 7.05 Å². The van der Waals surface area contributed by atoms with Gasteiger partial charge in [-0.3, -0.25) is 14.4 Å². The maximum Gasteiger partial charge on any atom is 0.257 e. The number of likely N-dealkylation sites (tertiary alicyclic amines) is 1. The van der Waals surface area contributed by atoms with E-state index in [0.29, 0.717) is 11.6 Å². The zero-order valence-corrected chi connectivity index (χ0v) is 15.7. The van der Waals surface area contributed by atoms with Crippen LogP contribution in [0.3, 0.4) is 0 Å². The number of hydrogen-bond donors (Lipinski definition) is 0. The van der Waals surface area contributed by atoms with E-state index in [9.17, 15) is 4.79 Å². The molecule has 1 aliphatic heterocycles. The number of aromatic nitrogens is 2. The van der Waals surface area contributed by atoms with Gasteiger partial charge in [-0.05, 0) is 24.5 Å². The molecule has 1 aromatic heterocycles. The molecule has 1 amide bonds. The Balaban J connectivity index is 1.55. The molecule has 6 heteroatoms. The number of carbonyl (C=O) groups excluding carboxylic acids is 1. The van der Waals surface area contributed by atoms with Crippen LogP contribution in [0.1, 0.15) is 28.8 Å². The molecule has 1 aliphatic rings. The summed E-state index contributed by atoms with van der Waals surface area (Å²) in [7, 11) is 3.74. The van der Waals surface area contributed by atoms with Gasteiger partial charge in [0.1, 0.15) is 0 Å². The summed E-state index contributed by atoms with van der Waals surface area (Å²) < 4.78 is 2.83. The summed E-state index contributed by atoms with van der Waals surface area (Å²) in [6, 6.07) is 8.66. The number of aryl methyl sites for hydroxylation is 1. The van der Waals surface area contributed by atoms with Crippen molar-refractivity contribution in [3.05, 3.63) is 52.3 Å². The molecule has 5 nitrogen and oxygen atoms in total. The van der Waals surface area contributed by atoms with Gasteiger partial charge in [-0.25, -0.2) is 0 Å². The molecule has 0 atom stereocenters. The van der Waals surface area contributed by atoms with Gasteiger partial charge in [0.2, 0.25) is 0 Å². The van der Waals surface area contributed by atoms with Crippen molar-refractivity contribution in [1.82, 2.24) is 19.6 Å². The van der Waals surface area contributed by atoms with E-state index in [4.69, 9.17) is 0 Å². The molecule has 0 spiro atoms. The summed E-state index contributed by atoms with van der Waals surface area (Å²) >= 11 is 3.62. The molecule has 128 valence electrons. The highest BCUT2D eigenvalue weighted by atomic mass is 79.9. The van der Waals surface area contributed by atoms with E-state index in [1.807, 2.05) is 25.1 Å². The highest BCUT2D eigenvalue weighted by Gasteiger charge is 2.26. The maximum absolute atomic E-state index is 12.5. The largest absolute Gasteiger partial charge is 0.339 e. The van der Waals surface area contributed by atoms with Crippen molar-refractivity contribution in [2.75, 3.05) is 20.1 Å². The van der Waals surface area contributed by atoms with Crippen molar-refractivity contribution in [3.8, 4) is 0 Å². The van der Waals surface area contributed by atoms with E-state index in [0.717, 1.165) is 36.9 Å². The average molecular weight is 391 g/mol. The molecule has 0 N–H and O–H groups in total. The number of piperidine rings is 1. The van der Waals surface area contributed by atoms with Crippen molar-refractivity contribution >= 4 is 21.8 Å². The fourth-order valence-electron chi connectivity index (χ4n) is 3.23. The highest BCUT2D eigenvalue weighted by Crippen LogP contribution is 2.22. The van der Waals surface area contributed by atoms with Gasteiger partial charge in [-0.15, -0.1) is 0 Å². The van der Waals surface area contributed by atoms with E-state index in [1.165, 1.54) is 5.56 Å². The van der Waals surface area contributed by atoms with E-state index in [2.05, 4.69) is 44.1 Å². The monoisotopic (exact) mass is 390 g/mol. The van der Waals surface area contributed by atoms with Gasteiger partial charge >= 0.3 is 0 Å². The SMILES string of the molecule is CN(C(=O)c1cnn(C)c1)C1CCN(Cc2ccccc2Br)CC1. The highest BCUT2D eigenvalue weighted by molar-refractivity contribution is 9.10. The Bertz CT molecular complexity index is 707. The molecule has 1 aromatic carbocycles. The third-order valence-electron chi connectivity index (χ3n) is 4.73. The summed E-state index contributed by atoms with van der Waals surface area (Å²) in [5.41, 5.74) is 1.98. The van der Waals surface area contributed by atoms with Crippen molar-refractivity contribution in [3.63, 3.8) is 0 Å². The summed E-state index contributed by atoms with van der Waals surface area (Å²) in [5, 5.41) is 4.09. The van der Waals surface area contributed by atoms with Crippen LogP contribution in [0.15, 0.2) is 41.1 Å². The number of hydrogen-bond acceptors (Lipinski definition) is 3. The predicted molar refractivity (Wildman–Crippen MR) is 97.7 cm³/mol. The Morgan fingerprint density at radius 1 is 1.33 bits per heavy atom. The minimum atomic E-state index is 0.0624. The Morgan fingerprint density at radius 2 is 2.04 bits per heavy atom. The normalized spacial score (nSPS) is 16.3. The van der Waals surface area contributed by atoms with Gasteiger partial charge in [0.05, 0.1) is 11.8 Å². The Labute approximate surface area is 151 Å². The molecule has 0 bridgehead atoms. The lowest BCUT2D eigenvalue weighted by Gasteiger charge is -2.36. The quantitative estimate of drug-likeness (QED) is 0.805. The van der Waals surface area contributed by atoms with Gasteiger partial charge in [0.25, 0.3) is 5.91 Å². The number of benzene rings is 1. The number of rotatable bonds is 4. The second-order valence-corrected chi connectivity index (χ2v) is 7.27. The minimum Gasteiger partial charge on any atom is -0.339 e. The first-order valence-corrected chi connectivity index (χ1v) is 9.05. The minimum absolute atomic E-state index is 0.0624. The Hall–Kier alpha value is -1.66. The molecule has 0 saturated carbocycles.